The number of hydrogen-bond donors (Lipinski definition) is 0. The fourth-order valence-corrected chi connectivity index (χ4v) is 2.78. The quantitative estimate of drug-likeness (QED) is 0.766. The molecule has 1 aromatic heterocycles. The van der Waals surface area contributed by atoms with Crippen molar-refractivity contribution < 1.29 is 0 Å². The zero-order valence-corrected chi connectivity index (χ0v) is 11.2. The van der Waals surface area contributed by atoms with E-state index in [9.17, 15) is 0 Å². The molecule has 0 radical (unpaired) electrons. The summed E-state index contributed by atoms with van der Waals surface area (Å²) in [4.78, 5) is 0. The fourth-order valence-electron chi connectivity index (χ4n) is 2.26. The Bertz CT molecular complexity index is 486. The number of para-hydroxylation sites is 1. The van der Waals surface area contributed by atoms with E-state index in [0.717, 1.165) is 0 Å². The molecule has 1 heterocycles. The minimum Gasteiger partial charge on any atom is -0.341 e. The van der Waals surface area contributed by atoms with Gasteiger partial charge < -0.3 is 4.57 Å². The number of nitrogens with zero attached hydrogens (tertiary/aromatic N) is 1. The Kier molecular flexibility index (Phi) is 3.29. The highest BCUT2D eigenvalue weighted by atomic mass is 32.2. The van der Waals surface area contributed by atoms with Crippen LogP contribution in [-0.2, 0) is 0 Å². The molecule has 0 N–H and O–H groups in total. The summed E-state index contributed by atoms with van der Waals surface area (Å²) in [6, 6.07) is 11.4. The highest BCUT2D eigenvalue weighted by Gasteiger charge is 2.16. The molecule has 0 bridgehead atoms. The van der Waals surface area contributed by atoms with Gasteiger partial charge in [-0.25, -0.2) is 0 Å². The molecular weight excluding hydrogens is 214 g/mol. The Labute approximate surface area is 102 Å². The maximum atomic E-state index is 2.45. The van der Waals surface area contributed by atoms with E-state index in [2.05, 4.69) is 61.9 Å². The van der Waals surface area contributed by atoms with E-state index < -0.39 is 0 Å². The lowest BCUT2D eigenvalue weighted by molar-refractivity contribution is 0.550. The number of fused-ring (bicyclic) bond motifs is 1. The molecule has 2 aromatic rings. The van der Waals surface area contributed by atoms with E-state index in [0.29, 0.717) is 11.3 Å². The number of hydrogen-bond acceptors (Lipinski definition) is 1. The summed E-state index contributed by atoms with van der Waals surface area (Å²) >= 11 is 1.93. The van der Waals surface area contributed by atoms with Gasteiger partial charge in [-0.05, 0) is 37.6 Å². The highest BCUT2D eigenvalue weighted by Crippen LogP contribution is 2.28. The zero-order valence-electron chi connectivity index (χ0n) is 10.4. The van der Waals surface area contributed by atoms with Crippen LogP contribution in [0.2, 0.25) is 0 Å². The van der Waals surface area contributed by atoms with Crippen LogP contribution in [0.5, 0.6) is 0 Å². The zero-order chi connectivity index (χ0) is 11.7. The van der Waals surface area contributed by atoms with Crippen LogP contribution in [0.4, 0.5) is 0 Å². The molecule has 86 valence electrons. The first-order chi connectivity index (χ1) is 7.65. The van der Waals surface area contributed by atoms with Crippen LogP contribution >= 0.6 is 11.8 Å². The molecule has 0 saturated carbocycles. The summed E-state index contributed by atoms with van der Waals surface area (Å²) < 4.78 is 2.45. The predicted molar refractivity (Wildman–Crippen MR) is 74.4 cm³/mol. The van der Waals surface area contributed by atoms with E-state index in [-0.39, 0.29) is 0 Å². The van der Waals surface area contributed by atoms with Gasteiger partial charge in [0.05, 0.1) is 0 Å². The van der Waals surface area contributed by atoms with Crippen molar-refractivity contribution in [1.29, 1.82) is 0 Å². The molecule has 16 heavy (non-hydrogen) atoms. The van der Waals surface area contributed by atoms with E-state index in [1.54, 1.807) is 0 Å². The molecule has 2 atom stereocenters. The van der Waals surface area contributed by atoms with Gasteiger partial charge in [-0.2, -0.15) is 11.8 Å². The third kappa shape index (κ3) is 1.86. The van der Waals surface area contributed by atoms with Crippen LogP contribution in [0.1, 0.15) is 25.6 Å². The summed E-state index contributed by atoms with van der Waals surface area (Å²) in [5.74, 6) is 0. The molecular formula is C14H19NS. The fraction of sp³-hybridized carbons (Fsp3) is 0.429. The Morgan fingerprint density at radius 2 is 1.88 bits per heavy atom. The third-order valence-corrected chi connectivity index (χ3v) is 4.54. The van der Waals surface area contributed by atoms with Crippen LogP contribution in [-0.4, -0.2) is 16.1 Å². The average molecular weight is 233 g/mol. The molecule has 2 unspecified atom stereocenters. The van der Waals surface area contributed by atoms with Crippen LogP contribution in [0, 0.1) is 6.92 Å². The Hall–Kier alpha value is -0.890. The highest BCUT2D eigenvalue weighted by molar-refractivity contribution is 7.99. The second-order valence-corrected chi connectivity index (χ2v) is 5.61. The lowest BCUT2D eigenvalue weighted by Crippen LogP contribution is -2.16. The van der Waals surface area contributed by atoms with Crippen LogP contribution < -0.4 is 0 Å². The number of aryl methyl sites for hydroxylation is 1. The van der Waals surface area contributed by atoms with Gasteiger partial charge in [0.2, 0.25) is 0 Å². The van der Waals surface area contributed by atoms with Crippen molar-refractivity contribution in [1.82, 2.24) is 4.57 Å². The maximum Gasteiger partial charge on any atom is 0.0485 e. The number of rotatable bonds is 3. The third-order valence-electron chi connectivity index (χ3n) is 3.40. The molecule has 0 fully saturated rings. The summed E-state index contributed by atoms with van der Waals surface area (Å²) in [6.07, 6.45) is 2.18. The smallest absolute Gasteiger partial charge is 0.0485 e. The predicted octanol–water partition coefficient (Wildman–Crippen LogP) is 4.26. The van der Waals surface area contributed by atoms with Crippen molar-refractivity contribution in [3.63, 3.8) is 0 Å². The van der Waals surface area contributed by atoms with Gasteiger partial charge >= 0.3 is 0 Å². The topological polar surface area (TPSA) is 4.93 Å². The summed E-state index contributed by atoms with van der Waals surface area (Å²) in [5, 5.41) is 1.98. The minimum absolute atomic E-state index is 0.537. The summed E-state index contributed by atoms with van der Waals surface area (Å²) in [7, 11) is 0. The van der Waals surface area contributed by atoms with Gasteiger partial charge in [0.15, 0.2) is 0 Å². The second kappa shape index (κ2) is 4.54. The Morgan fingerprint density at radius 1 is 1.19 bits per heavy atom. The monoisotopic (exact) mass is 233 g/mol. The molecule has 0 spiro atoms. The lowest BCUT2D eigenvalue weighted by atomic mass is 10.2. The first-order valence-electron chi connectivity index (χ1n) is 5.74. The first-order valence-corrected chi connectivity index (χ1v) is 7.03. The largest absolute Gasteiger partial charge is 0.341 e. The molecule has 2 heteroatoms. The SMILES string of the molecule is CSC(C)C(C)n1c(C)cc2ccccc21. The van der Waals surface area contributed by atoms with E-state index >= 15 is 0 Å². The minimum atomic E-state index is 0.537. The van der Waals surface area contributed by atoms with Crippen LogP contribution in [0.3, 0.4) is 0 Å². The van der Waals surface area contributed by atoms with Crippen molar-refractivity contribution in [2.75, 3.05) is 6.26 Å². The molecule has 0 aliphatic rings. The van der Waals surface area contributed by atoms with Crippen molar-refractivity contribution in [2.45, 2.75) is 32.1 Å². The Morgan fingerprint density at radius 3 is 2.56 bits per heavy atom. The molecule has 1 aromatic carbocycles. The Balaban J connectivity index is 2.54. The number of aromatic nitrogens is 1. The molecule has 0 saturated heterocycles. The maximum absolute atomic E-state index is 2.45. The lowest BCUT2D eigenvalue weighted by Gasteiger charge is -2.22. The molecule has 0 aliphatic heterocycles. The molecule has 1 nitrogen and oxygen atoms in total. The van der Waals surface area contributed by atoms with Crippen LogP contribution in [0.15, 0.2) is 30.3 Å². The molecule has 2 rings (SSSR count). The van der Waals surface area contributed by atoms with Gasteiger partial charge in [0.25, 0.3) is 0 Å². The van der Waals surface area contributed by atoms with Gasteiger partial charge in [-0.3, -0.25) is 0 Å². The number of benzene rings is 1. The van der Waals surface area contributed by atoms with Crippen molar-refractivity contribution in [3.8, 4) is 0 Å². The average Bonchev–Trinajstić information content (AvgIpc) is 2.63. The summed E-state index contributed by atoms with van der Waals surface area (Å²) in [5.41, 5.74) is 2.71. The summed E-state index contributed by atoms with van der Waals surface area (Å²) in [6.45, 7) is 6.80. The number of thioether (sulfide) groups is 1. The first kappa shape index (κ1) is 11.6. The second-order valence-electron chi connectivity index (χ2n) is 4.40. The normalized spacial score (nSPS) is 15.2. The van der Waals surface area contributed by atoms with E-state index in [1.165, 1.54) is 16.6 Å². The van der Waals surface area contributed by atoms with Crippen molar-refractivity contribution in [3.05, 3.63) is 36.0 Å². The molecule has 0 amide bonds. The van der Waals surface area contributed by atoms with Crippen LogP contribution in [0.25, 0.3) is 10.9 Å². The van der Waals surface area contributed by atoms with Gasteiger partial charge in [0.1, 0.15) is 0 Å². The molecule has 0 aliphatic carbocycles. The van der Waals surface area contributed by atoms with Gasteiger partial charge in [-0.1, -0.05) is 25.1 Å². The van der Waals surface area contributed by atoms with Gasteiger partial charge in [-0.15, -0.1) is 0 Å². The van der Waals surface area contributed by atoms with Crippen molar-refractivity contribution in [2.24, 2.45) is 0 Å². The van der Waals surface area contributed by atoms with E-state index in [1.807, 2.05) is 11.8 Å². The standard InChI is InChI=1S/C14H19NS/c1-10-9-13-7-5-6-8-14(13)15(10)11(2)12(3)16-4/h5-9,11-12H,1-4H3. The van der Waals surface area contributed by atoms with E-state index in [4.69, 9.17) is 0 Å². The van der Waals surface area contributed by atoms with Crippen molar-refractivity contribution >= 4 is 22.7 Å². The van der Waals surface area contributed by atoms with Gasteiger partial charge in [0, 0.05) is 22.5 Å².